The Morgan fingerprint density at radius 3 is 2.58 bits per heavy atom. The highest BCUT2D eigenvalue weighted by Crippen LogP contribution is 2.17. The molecule has 6 nitrogen and oxygen atoms in total. The number of hydrogen-bond acceptors (Lipinski definition) is 3. The number of aliphatic hydroxyl groups excluding tert-OH is 1. The minimum Gasteiger partial charge on any atom is -0.480 e. The Balaban J connectivity index is 2.69. The number of aliphatic hydroxyl groups is 1. The van der Waals surface area contributed by atoms with Crippen LogP contribution in [0.15, 0.2) is 18.2 Å². The molecule has 0 saturated carbocycles. The van der Waals surface area contributed by atoms with Crippen molar-refractivity contribution in [3.63, 3.8) is 0 Å². The third kappa shape index (κ3) is 4.26. The van der Waals surface area contributed by atoms with Crippen LogP contribution in [0.5, 0.6) is 0 Å². The highest BCUT2D eigenvalue weighted by Gasteiger charge is 2.19. The Bertz CT molecular complexity index is 474. The highest BCUT2D eigenvalue weighted by molar-refractivity contribution is 5.93. The number of amides is 2. The molecule has 0 aliphatic rings. The van der Waals surface area contributed by atoms with E-state index in [0.717, 1.165) is 11.1 Å². The highest BCUT2D eigenvalue weighted by atomic mass is 16.4. The maximum Gasteiger partial charge on any atom is 0.326 e. The van der Waals surface area contributed by atoms with E-state index in [1.165, 1.54) is 0 Å². The lowest BCUT2D eigenvalue weighted by atomic mass is 10.1. The summed E-state index contributed by atoms with van der Waals surface area (Å²) >= 11 is 0. The molecule has 0 heterocycles. The van der Waals surface area contributed by atoms with E-state index < -0.39 is 18.0 Å². The molecule has 0 aliphatic heterocycles. The van der Waals surface area contributed by atoms with Crippen LogP contribution in [-0.4, -0.2) is 34.9 Å². The first kappa shape index (κ1) is 15.0. The lowest BCUT2D eigenvalue weighted by molar-refractivity contribution is -0.139. The van der Waals surface area contributed by atoms with Crippen LogP contribution in [-0.2, 0) is 4.79 Å². The van der Waals surface area contributed by atoms with Crippen LogP contribution in [0.25, 0.3) is 0 Å². The zero-order chi connectivity index (χ0) is 14.4. The van der Waals surface area contributed by atoms with Gasteiger partial charge in [-0.05, 0) is 31.0 Å². The summed E-state index contributed by atoms with van der Waals surface area (Å²) in [7, 11) is 0. The number of aliphatic carboxylic acids is 1. The fraction of sp³-hybridized carbons (Fsp3) is 0.385. The Morgan fingerprint density at radius 1 is 1.32 bits per heavy atom. The molecule has 1 atom stereocenters. The van der Waals surface area contributed by atoms with E-state index in [1.807, 2.05) is 19.9 Å². The van der Waals surface area contributed by atoms with Gasteiger partial charge in [0.1, 0.15) is 6.04 Å². The normalized spacial score (nSPS) is 11.7. The number of aryl methyl sites for hydroxylation is 1. The smallest absolute Gasteiger partial charge is 0.326 e. The van der Waals surface area contributed by atoms with Gasteiger partial charge in [0.2, 0.25) is 0 Å². The second-order valence-electron chi connectivity index (χ2n) is 4.25. The van der Waals surface area contributed by atoms with E-state index in [-0.39, 0.29) is 13.0 Å². The van der Waals surface area contributed by atoms with Crippen molar-refractivity contribution in [3.8, 4) is 0 Å². The molecule has 0 spiro atoms. The maximum absolute atomic E-state index is 11.7. The first-order valence-electron chi connectivity index (χ1n) is 5.93. The van der Waals surface area contributed by atoms with Crippen molar-refractivity contribution < 1.29 is 19.8 Å². The molecule has 1 unspecified atom stereocenters. The first-order chi connectivity index (χ1) is 8.95. The summed E-state index contributed by atoms with van der Waals surface area (Å²) in [6, 6.07) is 3.76. The Hall–Kier alpha value is -2.08. The molecule has 0 aliphatic carbocycles. The quantitative estimate of drug-likeness (QED) is 0.644. The van der Waals surface area contributed by atoms with Gasteiger partial charge in [-0.1, -0.05) is 12.1 Å². The van der Waals surface area contributed by atoms with E-state index in [1.54, 1.807) is 12.1 Å². The maximum atomic E-state index is 11.7. The average molecular weight is 266 g/mol. The van der Waals surface area contributed by atoms with Crippen molar-refractivity contribution in [1.82, 2.24) is 5.32 Å². The standard InChI is InChI=1S/C13H18N2O4/c1-8-4-3-5-10(9(8)2)14-13(19)15-11(6-7-16)12(17)18/h3-5,11,16H,6-7H2,1-2H3,(H,17,18)(H2,14,15,19). The molecule has 1 rings (SSSR count). The largest absolute Gasteiger partial charge is 0.480 e. The van der Waals surface area contributed by atoms with Crippen LogP contribution in [0.4, 0.5) is 10.5 Å². The number of urea groups is 1. The van der Waals surface area contributed by atoms with E-state index in [4.69, 9.17) is 10.2 Å². The lowest BCUT2D eigenvalue weighted by Gasteiger charge is -2.15. The van der Waals surface area contributed by atoms with Gasteiger partial charge in [0.05, 0.1) is 0 Å². The molecular weight excluding hydrogens is 248 g/mol. The van der Waals surface area contributed by atoms with Crippen LogP contribution in [0.3, 0.4) is 0 Å². The lowest BCUT2D eigenvalue weighted by Crippen LogP contribution is -2.43. The number of carbonyl (C=O) groups excluding carboxylic acids is 1. The van der Waals surface area contributed by atoms with Crippen LogP contribution in [0.2, 0.25) is 0 Å². The number of anilines is 1. The predicted octanol–water partition coefficient (Wildman–Crippen LogP) is 1.26. The fourth-order valence-corrected chi connectivity index (χ4v) is 1.59. The van der Waals surface area contributed by atoms with Gasteiger partial charge in [-0.25, -0.2) is 9.59 Å². The summed E-state index contributed by atoms with van der Waals surface area (Å²) in [5.41, 5.74) is 2.58. The monoisotopic (exact) mass is 266 g/mol. The molecular formula is C13H18N2O4. The van der Waals surface area contributed by atoms with Crippen molar-refractivity contribution in [2.75, 3.05) is 11.9 Å². The predicted molar refractivity (Wildman–Crippen MR) is 71.2 cm³/mol. The Kier molecular flexibility index (Phi) is 5.32. The van der Waals surface area contributed by atoms with Crippen molar-refractivity contribution in [2.24, 2.45) is 0 Å². The SMILES string of the molecule is Cc1cccc(NC(=O)NC(CCO)C(=O)O)c1C. The van der Waals surface area contributed by atoms with Gasteiger partial charge in [-0.2, -0.15) is 0 Å². The van der Waals surface area contributed by atoms with Crippen molar-refractivity contribution in [1.29, 1.82) is 0 Å². The first-order valence-corrected chi connectivity index (χ1v) is 5.93. The summed E-state index contributed by atoms with van der Waals surface area (Å²) in [5.74, 6) is -1.18. The topological polar surface area (TPSA) is 98.7 Å². The molecule has 0 saturated heterocycles. The molecule has 1 aromatic rings. The van der Waals surface area contributed by atoms with E-state index >= 15 is 0 Å². The number of carboxylic acid groups (broad SMARTS) is 1. The number of benzene rings is 1. The molecule has 6 heteroatoms. The Labute approximate surface area is 111 Å². The van der Waals surface area contributed by atoms with Crippen molar-refractivity contribution in [3.05, 3.63) is 29.3 Å². The van der Waals surface area contributed by atoms with Gasteiger partial charge in [0, 0.05) is 18.7 Å². The summed E-state index contributed by atoms with van der Waals surface area (Å²) < 4.78 is 0. The molecule has 2 amide bonds. The summed E-state index contributed by atoms with van der Waals surface area (Å²) in [4.78, 5) is 22.5. The van der Waals surface area contributed by atoms with Crippen LogP contribution < -0.4 is 10.6 Å². The van der Waals surface area contributed by atoms with Crippen LogP contribution in [0, 0.1) is 13.8 Å². The second kappa shape index (κ2) is 6.75. The van der Waals surface area contributed by atoms with Crippen molar-refractivity contribution >= 4 is 17.7 Å². The zero-order valence-electron chi connectivity index (χ0n) is 10.9. The van der Waals surface area contributed by atoms with Gasteiger partial charge in [-0.3, -0.25) is 0 Å². The van der Waals surface area contributed by atoms with Gasteiger partial charge in [0.15, 0.2) is 0 Å². The van der Waals surface area contributed by atoms with Crippen molar-refractivity contribution in [2.45, 2.75) is 26.3 Å². The molecule has 19 heavy (non-hydrogen) atoms. The minimum absolute atomic E-state index is 0.0322. The third-order valence-corrected chi connectivity index (χ3v) is 2.87. The number of carbonyl (C=O) groups is 2. The number of nitrogens with one attached hydrogen (secondary N) is 2. The van der Waals surface area contributed by atoms with Gasteiger partial charge >= 0.3 is 12.0 Å². The molecule has 4 N–H and O–H groups in total. The van der Waals surface area contributed by atoms with E-state index in [2.05, 4.69) is 10.6 Å². The van der Waals surface area contributed by atoms with Crippen LogP contribution >= 0.6 is 0 Å². The fourth-order valence-electron chi connectivity index (χ4n) is 1.59. The number of carboxylic acids is 1. The molecule has 1 aromatic carbocycles. The molecule has 0 aromatic heterocycles. The summed E-state index contributed by atoms with van der Waals surface area (Å²) in [6.07, 6.45) is -0.0322. The third-order valence-electron chi connectivity index (χ3n) is 2.87. The van der Waals surface area contributed by atoms with Gasteiger partial charge < -0.3 is 20.8 Å². The second-order valence-corrected chi connectivity index (χ2v) is 4.25. The van der Waals surface area contributed by atoms with Gasteiger partial charge in [0.25, 0.3) is 0 Å². The molecule has 0 radical (unpaired) electrons. The molecule has 104 valence electrons. The summed E-state index contributed by atoms with van der Waals surface area (Å²) in [5, 5.41) is 22.5. The minimum atomic E-state index is -1.18. The van der Waals surface area contributed by atoms with E-state index in [0.29, 0.717) is 5.69 Å². The zero-order valence-corrected chi connectivity index (χ0v) is 10.9. The number of rotatable bonds is 5. The van der Waals surface area contributed by atoms with E-state index in [9.17, 15) is 9.59 Å². The number of hydrogen-bond donors (Lipinski definition) is 4. The molecule has 0 bridgehead atoms. The summed E-state index contributed by atoms with van der Waals surface area (Å²) in [6.45, 7) is 3.48. The average Bonchev–Trinajstić information content (AvgIpc) is 2.34. The Morgan fingerprint density at radius 2 is 2.00 bits per heavy atom. The van der Waals surface area contributed by atoms with Crippen LogP contribution in [0.1, 0.15) is 17.5 Å². The van der Waals surface area contributed by atoms with Gasteiger partial charge in [-0.15, -0.1) is 0 Å². The molecule has 0 fully saturated rings.